The lowest BCUT2D eigenvalue weighted by Gasteiger charge is -2.35. The van der Waals surface area contributed by atoms with Crippen molar-refractivity contribution in [3.05, 3.63) is 54.1 Å². The van der Waals surface area contributed by atoms with Gasteiger partial charge in [-0.05, 0) is 43.2 Å². The molecule has 1 atom stereocenters. The summed E-state index contributed by atoms with van der Waals surface area (Å²) in [6.07, 6.45) is 2.02. The molecule has 5 nitrogen and oxygen atoms in total. The molecule has 1 aliphatic rings. The van der Waals surface area contributed by atoms with Crippen LogP contribution >= 0.6 is 0 Å². The van der Waals surface area contributed by atoms with Crippen molar-refractivity contribution >= 4 is 17.3 Å². The Hall–Kier alpha value is -2.69. The molecule has 5 heteroatoms. The second kappa shape index (κ2) is 7.25. The maximum Gasteiger partial charge on any atom is 0.251 e. The summed E-state index contributed by atoms with van der Waals surface area (Å²) < 4.78 is 5.30. The average Bonchev–Trinajstić information content (AvgIpc) is 2.62. The van der Waals surface area contributed by atoms with E-state index in [1.54, 1.807) is 31.4 Å². The second-order valence-electron chi connectivity index (χ2n) is 6.09. The molecule has 0 aliphatic carbocycles. The molecule has 126 valence electrons. The van der Waals surface area contributed by atoms with Crippen molar-refractivity contribution in [2.75, 3.05) is 30.8 Å². The number of hydrogen-bond donors (Lipinski definition) is 2. The topological polar surface area (TPSA) is 67.6 Å². The highest BCUT2D eigenvalue weighted by atomic mass is 16.5. The number of ether oxygens (including phenoxy) is 1. The fraction of sp³-hybridized carbons (Fsp3) is 0.316. The van der Waals surface area contributed by atoms with Crippen LogP contribution in [0.1, 0.15) is 23.2 Å². The Kier molecular flexibility index (Phi) is 4.89. The lowest BCUT2D eigenvalue weighted by atomic mass is 10.0. The number of piperidine rings is 1. The highest BCUT2D eigenvalue weighted by Gasteiger charge is 2.22. The quantitative estimate of drug-likeness (QED) is 0.848. The van der Waals surface area contributed by atoms with Gasteiger partial charge in [0.15, 0.2) is 0 Å². The van der Waals surface area contributed by atoms with Crippen molar-refractivity contribution in [2.24, 2.45) is 0 Å². The molecular formula is C19H23N3O2. The van der Waals surface area contributed by atoms with Crippen LogP contribution in [0.3, 0.4) is 0 Å². The molecule has 1 aliphatic heterocycles. The molecule has 0 bridgehead atoms. The van der Waals surface area contributed by atoms with E-state index >= 15 is 0 Å². The lowest BCUT2D eigenvalue weighted by molar-refractivity contribution is 0.0933. The Bertz CT molecular complexity index is 717. The molecule has 0 spiro atoms. The third-order valence-corrected chi connectivity index (χ3v) is 4.32. The van der Waals surface area contributed by atoms with E-state index in [-0.39, 0.29) is 11.9 Å². The van der Waals surface area contributed by atoms with E-state index in [0.29, 0.717) is 11.3 Å². The molecule has 0 aromatic heterocycles. The van der Waals surface area contributed by atoms with Gasteiger partial charge in [0, 0.05) is 42.1 Å². The first-order valence-electron chi connectivity index (χ1n) is 8.21. The third kappa shape index (κ3) is 3.79. The molecule has 1 amide bonds. The van der Waals surface area contributed by atoms with Gasteiger partial charge in [0.25, 0.3) is 5.91 Å². The van der Waals surface area contributed by atoms with Crippen LogP contribution in [-0.2, 0) is 0 Å². The first-order chi connectivity index (χ1) is 11.7. The van der Waals surface area contributed by atoms with Gasteiger partial charge in [0.05, 0.1) is 7.11 Å². The summed E-state index contributed by atoms with van der Waals surface area (Å²) in [5.41, 5.74) is 8.08. The van der Waals surface area contributed by atoms with Gasteiger partial charge in [-0.1, -0.05) is 12.1 Å². The summed E-state index contributed by atoms with van der Waals surface area (Å²) in [6, 6.07) is 15.2. The monoisotopic (exact) mass is 325 g/mol. The number of nitrogens with zero attached hydrogens (tertiary/aromatic N) is 1. The predicted molar refractivity (Wildman–Crippen MR) is 96.5 cm³/mol. The van der Waals surface area contributed by atoms with E-state index in [2.05, 4.69) is 16.3 Å². The van der Waals surface area contributed by atoms with Crippen LogP contribution < -0.4 is 20.7 Å². The van der Waals surface area contributed by atoms with E-state index < -0.39 is 0 Å². The standard InChI is InChI=1S/C19H23N3O2/c1-24-18-9-3-8-17(12-18)22-10-4-7-16(13-22)21-19(23)14-5-2-6-15(20)11-14/h2-3,5-6,8-9,11-12,16H,4,7,10,13,20H2,1H3,(H,21,23). The van der Waals surface area contributed by atoms with Gasteiger partial charge in [-0.25, -0.2) is 0 Å². The van der Waals surface area contributed by atoms with Crippen LogP contribution in [0, 0.1) is 0 Å². The summed E-state index contributed by atoms with van der Waals surface area (Å²) in [5.74, 6) is 0.776. The van der Waals surface area contributed by atoms with E-state index in [1.807, 2.05) is 18.2 Å². The Morgan fingerprint density at radius 1 is 1.25 bits per heavy atom. The molecule has 3 N–H and O–H groups in total. The third-order valence-electron chi connectivity index (χ3n) is 4.32. The molecule has 2 aromatic carbocycles. The number of hydrogen-bond acceptors (Lipinski definition) is 4. The summed E-state index contributed by atoms with van der Waals surface area (Å²) >= 11 is 0. The molecule has 1 saturated heterocycles. The molecule has 0 radical (unpaired) electrons. The SMILES string of the molecule is COc1cccc(N2CCCC(NC(=O)c3cccc(N)c3)C2)c1. The summed E-state index contributed by atoms with van der Waals surface area (Å²) in [7, 11) is 1.67. The predicted octanol–water partition coefficient (Wildman–Crippen LogP) is 2.68. The zero-order valence-corrected chi connectivity index (χ0v) is 13.9. The van der Waals surface area contributed by atoms with Crippen molar-refractivity contribution < 1.29 is 9.53 Å². The minimum atomic E-state index is -0.0696. The van der Waals surface area contributed by atoms with Crippen molar-refractivity contribution in [3.8, 4) is 5.75 Å². The van der Waals surface area contributed by atoms with Gasteiger partial charge in [-0.2, -0.15) is 0 Å². The summed E-state index contributed by atoms with van der Waals surface area (Å²) in [6.45, 7) is 1.78. The van der Waals surface area contributed by atoms with Crippen LogP contribution in [0.5, 0.6) is 5.75 Å². The maximum absolute atomic E-state index is 12.4. The number of benzene rings is 2. The molecule has 2 aromatic rings. The second-order valence-corrected chi connectivity index (χ2v) is 6.09. The fourth-order valence-electron chi connectivity index (χ4n) is 3.09. The van der Waals surface area contributed by atoms with Crippen LogP contribution in [0.25, 0.3) is 0 Å². The molecule has 24 heavy (non-hydrogen) atoms. The van der Waals surface area contributed by atoms with Crippen molar-refractivity contribution in [1.29, 1.82) is 0 Å². The van der Waals surface area contributed by atoms with Crippen molar-refractivity contribution in [1.82, 2.24) is 5.32 Å². The zero-order valence-electron chi connectivity index (χ0n) is 13.9. The Morgan fingerprint density at radius 2 is 2.08 bits per heavy atom. The Balaban J connectivity index is 1.66. The first kappa shape index (κ1) is 16.2. The van der Waals surface area contributed by atoms with Gasteiger partial charge in [-0.3, -0.25) is 4.79 Å². The fourth-order valence-corrected chi connectivity index (χ4v) is 3.09. The number of nitrogen functional groups attached to an aromatic ring is 1. The van der Waals surface area contributed by atoms with E-state index in [0.717, 1.165) is 37.4 Å². The van der Waals surface area contributed by atoms with Crippen molar-refractivity contribution in [3.63, 3.8) is 0 Å². The minimum Gasteiger partial charge on any atom is -0.497 e. The number of nitrogens with two attached hydrogens (primary N) is 1. The molecule has 3 rings (SSSR count). The van der Waals surface area contributed by atoms with Crippen molar-refractivity contribution in [2.45, 2.75) is 18.9 Å². The number of carbonyl (C=O) groups excluding carboxylic acids is 1. The number of anilines is 2. The molecule has 1 unspecified atom stereocenters. The maximum atomic E-state index is 12.4. The first-order valence-corrected chi connectivity index (χ1v) is 8.21. The van der Waals surface area contributed by atoms with Gasteiger partial charge in [0.2, 0.25) is 0 Å². The smallest absolute Gasteiger partial charge is 0.251 e. The van der Waals surface area contributed by atoms with E-state index in [1.165, 1.54) is 0 Å². The van der Waals surface area contributed by atoms with Gasteiger partial charge in [-0.15, -0.1) is 0 Å². The molecule has 0 saturated carbocycles. The normalized spacial score (nSPS) is 17.4. The highest BCUT2D eigenvalue weighted by molar-refractivity contribution is 5.95. The van der Waals surface area contributed by atoms with Gasteiger partial charge < -0.3 is 20.7 Å². The van der Waals surface area contributed by atoms with E-state index in [9.17, 15) is 4.79 Å². The molecular weight excluding hydrogens is 302 g/mol. The number of nitrogens with one attached hydrogen (secondary N) is 1. The largest absolute Gasteiger partial charge is 0.497 e. The average molecular weight is 325 g/mol. The minimum absolute atomic E-state index is 0.0696. The number of amides is 1. The Morgan fingerprint density at radius 3 is 2.88 bits per heavy atom. The Labute approximate surface area is 142 Å². The number of methoxy groups -OCH3 is 1. The van der Waals surface area contributed by atoms with Crippen LogP contribution in [0.2, 0.25) is 0 Å². The zero-order chi connectivity index (χ0) is 16.9. The van der Waals surface area contributed by atoms with Gasteiger partial charge >= 0.3 is 0 Å². The lowest BCUT2D eigenvalue weighted by Crippen LogP contribution is -2.47. The van der Waals surface area contributed by atoms with Crippen LogP contribution in [-0.4, -0.2) is 32.1 Å². The van der Waals surface area contributed by atoms with Crippen LogP contribution in [0.15, 0.2) is 48.5 Å². The number of carbonyl (C=O) groups is 1. The van der Waals surface area contributed by atoms with E-state index in [4.69, 9.17) is 10.5 Å². The highest BCUT2D eigenvalue weighted by Crippen LogP contribution is 2.24. The van der Waals surface area contributed by atoms with Crippen LogP contribution in [0.4, 0.5) is 11.4 Å². The molecule has 1 fully saturated rings. The van der Waals surface area contributed by atoms with Gasteiger partial charge in [0.1, 0.15) is 5.75 Å². The number of rotatable bonds is 4. The summed E-state index contributed by atoms with van der Waals surface area (Å²) in [5, 5.41) is 3.12. The summed E-state index contributed by atoms with van der Waals surface area (Å²) in [4.78, 5) is 14.7. The molecule has 1 heterocycles.